The summed E-state index contributed by atoms with van der Waals surface area (Å²) < 4.78 is 0.676. The van der Waals surface area contributed by atoms with E-state index in [0.717, 1.165) is 11.3 Å². The van der Waals surface area contributed by atoms with Crippen molar-refractivity contribution in [2.24, 2.45) is 0 Å². The minimum Gasteiger partial charge on any atom is -0.298 e. The second kappa shape index (κ2) is 4.94. The molecule has 1 aromatic carbocycles. The van der Waals surface area contributed by atoms with Gasteiger partial charge in [-0.05, 0) is 19.1 Å². The second-order valence-electron chi connectivity index (χ2n) is 4.09. The molecule has 3 heteroatoms. The summed E-state index contributed by atoms with van der Waals surface area (Å²) in [6.45, 7) is 1.61. The van der Waals surface area contributed by atoms with Crippen molar-refractivity contribution >= 4 is 35.4 Å². The minimum absolute atomic E-state index is 0. The average molecular weight is 297 g/mol. The fourth-order valence-corrected chi connectivity index (χ4v) is 1.36. The third kappa shape index (κ3) is 3.10. The summed E-state index contributed by atoms with van der Waals surface area (Å²) in [6, 6.07) is 7.74. The van der Waals surface area contributed by atoms with Gasteiger partial charge in [0.15, 0.2) is 5.78 Å². The molecule has 0 aliphatic heterocycles. The molecule has 0 N–H and O–H groups in total. The zero-order chi connectivity index (χ0) is 10.1. The molecule has 0 amide bonds. The van der Waals surface area contributed by atoms with Crippen molar-refractivity contribution in [3.05, 3.63) is 29.8 Å². The molecule has 0 bridgehead atoms. The first-order valence-corrected chi connectivity index (χ1v) is 4.35. The van der Waals surface area contributed by atoms with Crippen molar-refractivity contribution in [2.45, 2.75) is 6.92 Å². The van der Waals surface area contributed by atoms with Crippen molar-refractivity contribution < 1.29 is 4.79 Å². The van der Waals surface area contributed by atoms with Gasteiger partial charge in [-0.25, -0.2) is 0 Å². The number of benzene rings is 1. The molecule has 0 saturated heterocycles. The van der Waals surface area contributed by atoms with Gasteiger partial charge >= 0.3 is 0 Å². The maximum atomic E-state index is 11.3. The molecular weight excluding hydrogens is 281 g/mol. The van der Waals surface area contributed by atoms with Gasteiger partial charge in [-0.2, -0.15) is 0 Å². The van der Waals surface area contributed by atoms with Crippen LogP contribution < -0.4 is 4.48 Å². The molecule has 74 valence electrons. The van der Waals surface area contributed by atoms with E-state index in [1.165, 1.54) is 0 Å². The van der Waals surface area contributed by atoms with Crippen LogP contribution in [0.15, 0.2) is 24.3 Å². The van der Waals surface area contributed by atoms with Crippen LogP contribution in [0.3, 0.4) is 0 Å². The Morgan fingerprint density at radius 1 is 1.14 bits per heavy atom. The molecule has 0 aliphatic carbocycles. The van der Waals surface area contributed by atoms with E-state index in [1.807, 2.05) is 24.3 Å². The summed E-state index contributed by atoms with van der Waals surface area (Å²) in [5.41, 5.74) is 1.88. The van der Waals surface area contributed by atoms with Gasteiger partial charge in [-0.15, -0.1) is 0 Å². The number of carbonyl (C=O) groups excluding carboxylic acids is 1. The number of ketones is 1. The second-order valence-corrected chi connectivity index (χ2v) is 4.09. The number of hydrogen-bond acceptors (Lipinski definition) is 1. The van der Waals surface area contributed by atoms with E-state index in [4.69, 9.17) is 0 Å². The van der Waals surface area contributed by atoms with Crippen LogP contribution in [-0.2, 0) is 0 Å². The molecule has 0 aliphatic rings. The summed E-state index contributed by atoms with van der Waals surface area (Å²) in [5.74, 6) is 0.128. The van der Waals surface area contributed by atoms with Gasteiger partial charge in [-0.1, -0.05) is 12.1 Å². The standard InChI is InChI=1S/C11H16NO.Sn/c1-9(13)10-7-5-6-8-11(10)12(2,3)4;/h5-8H,1-4H3;/q+1;. The normalized spacial score (nSPS) is 10.6. The molecule has 4 radical (unpaired) electrons. The van der Waals surface area contributed by atoms with Gasteiger partial charge in [0.2, 0.25) is 0 Å². The van der Waals surface area contributed by atoms with Crippen LogP contribution in [0.1, 0.15) is 17.3 Å². The molecule has 1 rings (SSSR count). The molecule has 1 aromatic rings. The number of rotatable bonds is 2. The maximum Gasteiger partial charge on any atom is 0.165 e. The van der Waals surface area contributed by atoms with Crippen LogP contribution in [0.25, 0.3) is 0 Å². The molecule has 14 heavy (non-hydrogen) atoms. The Balaban J connectivity index is 0.00000169. The predicted molar refractivity (Wildman–Crippen MR) is 61.8 cm³/mol. The van der Waals surface area contributed by atoms with Crippen LogP contribution in [0.2, 0.25) is 0 Å². The first kappa shape index (κ1) is 13.6. The Kier molecular flexibility index (Phi) is 4.81. The minimum atomic E-state index is 0. The maximum absolute atomic E-state index is 11.3. The topological polar surface area (TPSA) is 17.1 Å². The van der Waals surface area contributed by atoms with Crippen LogP contribution in [0.4, 0.5) is 5.69 Å². The van der Waals surface area contributed by atoms with Crippen LogP contribution in [0, 0.1) is 0 Å². The summed E-state index contributed by atoms with van der Waals surface area (Å²) in [5, 5.41) is 0. The van der Waals surface area contributed by atoms with Crippen LogP contribution in [-0.4, -0.2) is 50.8 Å². The van der Waals surface area contributed by atoms with Gasteiger partial charge < -0.3 is 0 Å². The summed E-state index contributed by atoms with van der Waals surface area (Å²) in [7, 11) is 6.17. The number of carbonyl (C=O) groups is 1. The monoisotopic (exact) mass is 298 g/mol. The van der Waals surface area contributed by atoms with Gasteiger partial charge in [0.05, 0.1) is 26.7 Å². The molecule has 0 atom stereocenters. The number of hydrogen-bond donors (Lipinski definition) is 0. The van der Waals surface area contributed by atoms with Gasteiger partial charge in [0, 0.05) is 23.9 Å². The van der Waals surface area contributed by atoms with Crippen molar-refractivity contribution in [3.8, 4) is 0 Å². The number of para-hydroxylation sites is 1. The Labute approximate surface area is 102 Å². The van der Waals surface area contributed by atoms with Crippen molar-refractivity contribution in [1.29, 1.82) is 0 Å². The molecule has 0 unspecified atom stereocenters. The third-order valence-corrected chi connectivity index (χ3v) is 2.01. The van der Waals surface area contributed by atoms with E-state index in [0.29, 0.717) is 4.48 Å². The van der Waals surface area contributed by atoms with E-state index in [9.17, 15) is 4.79 Å². The molecule has 0 aromatic heterocycles. The van der Waals surface area contributed by atoms with E-state index < -0.39 is 0 Å². The van der Waals surface area contributed by atoms with Crippen LogP contribution in [0.5, 0.6) is 0 Å². The van der Waals surface area contributed by atoms with Crippen molar-refractivity contribution in [3.63, 3.8) is 0 Å². The first-order valence-electron chi connectivity index (χ1n) is 4.35. The molecule has 2 nitrogen and oxygen atoms in total. The molecule has 0 spiro atoms. The summed E-state index contributed by atoms with van der Waals surface area (Å²) >= 11 is 0. The van der Waals surface area contributed by atoms with E-state index >= 15 is 0 Å². The Bertz CT molecular complexity index is 328. The fraction of sp³-hybridized carbons (Fsp3) is 0.364. The van der Waals surface area contributed by atoms with Gasteiger partial charge in [-0.3, -0.25) is 9.28 Å². The Hall–Kier alpha value is -0.351. The predicted octanol–water partition coefficient (Wildman–Crippen LogP) is 1.71. The van der Waals surface area contributed by atoms with Crippen molar-refractivity contribution in [1.82, 2.24) is 4.48 Å². The first-order chi connectivity index (χ1) is 5.93. The smallest absolute Gasteiger partial charge is 0.165 e. The van der Waals surface area contributed by atoms with Gasteiger partial charge in [0.25, 0.3) is 0 Å². The van der Waals surface area contributed by atoms with Gasteiger partial charge in [0.1, 0.15) is 5.69 Å². The Morgan fingerprint density at radius 3 is 2.00 bits per heavy atom. The molecular formula is C11H16NOSn+. The van der Waals surface area contributed by atoms with Crippen LogP contribution >= 0.6 is 0 Å². The quantitative estimate of drug-likeness (QED) is 0.461. The summed E-state index contributed by atoms with van der Waals surface area (Å²) in [4.78, 5) is 11.3. The zero-order valence-electron chi connectivity index (χ0n) is 9.16. The summed E-state index contributed by atoms with van der Waals surface area (Å²) in [6.07, 6.45) is 0. The van der Waals surface area contributed by atoms with E-state index in [2.05, 4.69) is 21.1 Å². The number of Topliss-reactive ketones (excluding diaryl/α,β-unsaturated/α-hetero) is 1. The molecule has 0 heterocycles. The third-order valence-electron chi connectivity index (χ3n) is 2.01. The largest absolute Gasteiger partial charge is 0.298 e. The number of quaternary nitrogens is 1. The van der Waals surface area contributed by atoms with E-state index in [-0.39, 0.29) is 29.7 Å². The SMILES string of the molecule is CC(=O)c1ccccc1[N+](C)(C)C.[Sn]. The van der Waals surface area contributed by atoms with E-state index in [1.54, 1.807) is 6.92 Å². The zero-order valence-corrected chi connectivity index (χ0v) is 12.0. The average Bonchev–Trinajstić information content (AvgIpc) is 2.03. The molecule has 0 fully saturated rings. The number of nitrogens with zero attached hydrogens (tertiary/aromatic N) is 1. The van der Waals surface area contributed by atoms with Crippen molar-refractivity contribution in [2.75, 3.05) is 21.1 Å². The molecule has 0 saturated carbocycles. The Morgan fingerprint density at radius 2 is 1.64 bits per heavy atom. The fourth-order valence-electron chi connectivity index (χ4n) is 1.36.